The molecule has 5 nitrogen and oxygen atoms in total. The van der Waals surface area contributed by atoms with E-state index in [4.69, 9.17) is 0 Å². The van der Waals surface area contributed by atoms with Gasteiger partial charge in [0.1, 0.15) is 0 Å². The Morgan fingerprint density at radius 3 is 2.39 bits per heavy atom. The summed E-state index contributed by atoms with van der Waals surface area (Å²) in [4.78, 5) is 11.5. The van der Waals surface area contributed by atoms with Crippen LogP contribution in [0.5, 0.6) is 0 Å². The van der Waals surface area contributed by atoms with Crippen LogP contribution in [0.1, 0.15) is 34.7 Å². The highest BCUT2D eigenvalue weighted by Crippen LogP contribution is 2.36. The van der Waals surface area contributed by atoms with E-state index in [1.807, 2.05) is 48.5 Å². The van der Waals surface area contributed by atoms with Crippen LogP contribution in [-0.4, -0.2) is 20.6 Å². The first-order valence-corrected chi connectivity index (χ1v) is 12.0. The number of hydrogen-bond acceptors (Lipinski definition) is 3. The summed E-state index contributed by atoms with van der Waals surface area (Å²) >= 11 is 0. The topological polar surface area (TPSA) is 75.3 Å². The molecule has 3 aromatic carbocycles. The average Bonchev–Trinajstić information content (AvgIpc) is 2.84. The fourth-order valence-corrected chi connectivity index (χ4v) is 4.54. The van der Waals surface area contributed by atoms with Crippen LogP contribution in [0, 0.1) is 0 Å². The molecule has 0 unspecified atom stereocenters. The molecule has 3 aromatic rings. The van der Waals surface area contributed by atoms with Crippen molar-refractivity contribution in [2.45, 2.75) is 19.8 Å². The van der Waals surface area contributed by atoms with Gasteiger partial charge in [0.2, 0.25) is 15.9 Å². The highest BCUT2D eigenvalue weighted by atomic mass is 32.2. The molecule has 2 N–H and O–H groups in total. The summed E-state index contributed by atoms with van der Waals surface area (Å²) in [7, 11) is -3.35. The van der Waals surface area contributed by atoms with Gasteiger partial charge >= 0.3 is 0 Å². The van der Waals surface area contributed by atoms with Crippen molar-refractivity contribution in [3.05, 3.63) is 94.5 Å². The molecule has 0 aliphatic heterocycles. The monoisotopic (exact) mass is 432 g/mol. The van der Waals surface area contributed by atoms with Gasteiger partial charge in [0.05, 0.1) is 6.26 Å². The van der Waals surface area contributed by atoms with Crippen molar-refractivity contribution in [2.75, 3.05) is 16.3 Å². The van der Waals surface area contributed by atoms with Crippen molar-refractivity contribution in [3.8, 4) is 0 Å². The zero-order valence-corrected chi connectivity index (χ0v) is 18.3. The third-order valence-electron chi connectivity index (χ3n) is 5.19. The molecule has 31 heavy (non-hydrogen) atoms. The Kier molecular flexibility index (Phi) is 5.65. The number of carbonyl (C=O) groups is 1. The molecule has 1 amide bonds. The molecule has 0 atom stereocenters. The largest absolute Gasteiger partial charge is 0.326 e. The summed E-state index contributed by atoms with van der Waals surface area (Å²) in [5.41, 5.74) is 7.99. The minimum atomic E-state index is -3.35. The lowest BCUT2D eigenvalue weighted by molar-refractivity contribution is -0.114. The van der Waals surface area contributed by atoms with Gasteiger partial charge in [-0.15, -0.1) is 0 Å². The van der Waals surface area contributed by atoms with Crippen LogP contribution in [0.3, 0.4) is 0 Å². The second-order valence-corrected chi connectivity index (χ2v) is 9.52. The minimum absolute atomic E-state index is 0.0946. The Morgan fingerprint density at radius 1 is 0.871 bits per heavy atom. The zero-order valence-electron chi connectivity index (χ0n) is 17.5. The standard InChI is InChI=1S/C25H24N2O3S/c1-17(28)26-21-12-13-24-20(16-21)11-10-19-7-3-4-9-23(19)25(24)15-18-6-5-8-22(14-18)27-31(2,29)30/h3-9,12-16,27H,10-11H2,1-2H3,(H,26,28)/b25-15-. The molecule has 0 radical (unpaired) electrons. The molecule has 0 heterocycles. The quantitative estimate of drug-likeness (QED) is 0.627. The lowest BCUT2D eigenvalue weighted by Crippen LogP contribution is -2.09. The summed E-state index contributed by atoms with van der Waals surface area (Å²) in [6.45, 7) is 1.50. The Balaban J connectivity index is 1.85. The third kappa shape index (κ3) is 5.03. The van der Waals surface area contributed by atoms with Crippen LogP contribution in [0.2, 0.25) is 0 Å². The number of anilines is 2. The van der Waals surface area contributed by atoms with Gasteiger partial charge in [-0.2, -0.15) is 0 Å². The smallest absolute Gasteiger partial charge is 0.229 e. The van der Waals surface area contributed by atoms with E-state index in [0.717, 1.165) is 47.0 Å². The highest BCUT2D eigenvalue weighted by molar-refractivity contribution is 7.92. The minimum Gasteiger partial charge on any atom is -0.326 e. The number of aryl methyl sites for hydroxylation is 2. The van der Waals surface area contributed by atoms with E-state index in [-0.39, 0.29) is 5.91 Å². The molecule has 0 spiro atoms. The second kappa shape index (κ2) is 8.40. The van der Waals surface area contributed by atoms with E-state index in [0.29, 0.717) is 5.69 Å². The average molecular weight is 433 g/mol. The van der Waals surface area contributed by atoms with Gasteiger partial charge in [0.25, 0.3) is 0 Å². The summed E-state index contributed by atoms with van der Waals surface area (Å²) in [5.74, 6) is -0.0946. The van der Waals surface area contributed by atoms with E-state index >= 15 is 0 Å². The van der Waals surface area contributed by atoms with Gasteiger partial charge in [-0.05, 0) is 76.6 Å². The second-order valence-electron chi connectivity index (χ2n) is 7.77. The fraction of sp³-hybridized carbons (Fsp3) is 0.160. The summed E-state index contributed by atoms with van der Waals surface area (Å²) in [6, 6.07) is 21.7. The first kappa shape index (κ1) is 20.9. The van der Waals surface area contributed by atoms with Gasteiger partial charge in [0.15, 0.2) is 0 Å². The molecule has 4 rings (SSSR count). The van der Waals surface area contributed by atoms with Crippen LogP contribution in [0.4, 0.5) is 11.4 Å². The molecular formula is C25H24N2O3S. The number of hydrogen-bond donors (Lipinski definition) is 2. The number of sulfonamides is 1. The molecule has 0 saturated heterocycles. The molecule has 1 aliphatic rings. The predicted octanol–water partition coefficient (Wildman–Crippen LogP) is 4.70. The molecule has 0 saturated carbocycles. The SMILES string of the molecule is CC(=O)Nc1ccc2c(c1)CCc1ccccc1/C2=C/c1cccc(NS(C)(=O)=O)c1. The third-order valence-corrected chi connectivity index (χ3v) is 5.79. The maximum atomic E-state index is 11.6. The maximum absolute atomic E-state index is 11.6. The van der Waals surface area contributed by atoms with Crippen LogP contribution >= 0.6 is 0 Å². The van der Waals surface area contributed by atoms with Crippen LogP contribution in [0.25, 0.3) is 11.6 Å². The van der Waals surface area contributed by atoms with E-state index in [1.54, 1.807) is 6.07 Å². The van der Waals surface area contributed by atoms with Gasteiger partial charge < -0.3 is 5.32 Å². The van der Waals surface area contributed by atoms with Crippen LogP contribution < -0.4 is 10.0 Å². The summed E-state index contributed by atoms with van der Waals surface area (Å²) in [5, 5.41) is 2.87. The van der Waals surface area contributed by atoms with Crippen molar-refractivity contribution >= 4 is 39.0 Å². The number of fused-ring (bicyclic) bond motifs is 2. The highest BCUT2D eigenvalue weighted by Gasteiger charge is 2.18. The summed E-state index contributed by atoms with van der Waals surface area (Å²) < 4.78 is 25.8. The first-order valence-electron chi connectivity index (χ1n) is 10.1. The Morgan fingerprint density at radius 2 is 1.61 bits per heavy atom. The fourth-order valence-electron chi connectivity index (χ4n) is 3.99. The molecule has 0 aromatic heterocycles. The van der Waals surface area contributed by atoms with Crippen molar-refractivity contribution in [3.63, 3.8) is 0 Å². The van der Waals surface area contributed by atoms with Crippen molar-refractivity contribution in [1.82, 2.24) is 0 Å². The van der Waals surface area contributed by atoms with Gasteiger partial charge in [-0.1, -0.05) is 42.5 Å². The van der Waals surface area contributed by atoms with E-state index in [2.05, 4.69) is 28.2 Å². The first-order chi connectivity index (χ1) is 14.8. The van der Waals surface area contributed by atoms with Crippen LogP contribution in [0.15, 0.2) is 66.7 Å². The van der Waals surface area contributed by atoms with E-state index < -0.39 is 10.0 Å². The van der Waals surface area contributed by atoms with Crippen molar-refractivity contribution in [1.29, 1.82) is 0 Å². The molecule has 158 valence electrons. The summed E-state index contributed by atoms with van der Waals surface area (Å²) in [6.07, 6.45) is 5.00. The van der Waals surface area contributed by atoms with Crippen molar-refractivity contribution in [2.24, 2.45) is 0 Å². The molecule has 6 heteroatoms. The molecular weight excluding hydrogens is 408 g/mol. The Hall–Kier alpha value is -3.38. The van der Waals surface area contributed by atoms with Crippen LogP contribution in [-0.2, 0) is 27.7 Å². The van der Waals surface area contributed by atoms with Crippen molar-refractivity contribution < 1.29 is 13.2 Å². The maximum Gasteiger partial charge on any atom is 0.229 e. The Labute approximate surface area is 182 Å². The van der Waals surface area contributed by atoms with Gasteiger partial charge in [-0.3, -0.25) is 9.52 Å². The number of nitrogens with one attached hydrogen (secondary N) is 2. The van der Waals surface area contributed by atoms with E-state index in [9.17, 15) is 13.2 Å². The number of amides is 1. The number of rotatable bonds is 4. The lowest BCUT2D eigenvalue weighted by Gasteiger charge is -2.14. The normalized spacial score (nSPS) is 14.3. The molecule has 0 fully saturated rings. The van der Waals surface area contributed by atoms with Gasteiger partial charge in [-0.25, -0.2) is 8.42 Å². The Bertz CT molecular complexity index is 1290. The predicted molar refractivity (Wildman–Crippen MR) is 126 cm³/mol. The number of carbonyl (C=O) groups excluding carboxylic acids is 1. The van der Waals surface area contributed by atoms with E-state index in [1.165, 1.54) is 18.1 Å². The lowest BCUT2D eigenvalue weighted by atomic mass is 9.92. The number of benzene rings is 3. The molecule has 1 aliphatic carbocycles. The molecule has 0 bridgehead atoms. The van der Waals surface area contributed by atoms with Gasteiger partial charge in [0, 0.05) is 18.3 Å². The zero-order chi connectivity index (χ0) is 22.0.